The van der Waals surface area contributed by atoms with Gasteiger partial charge in [-0.1, -0.05) is 24.3 Å². The lowest BCUT2D eigenvalue weighted by Crippen LogP contribution is -2.19. The van der Waals surface area contributed by atoms with Crippen molar-refractivity contribution < 1.29 is 4.79 Å². The number of aryl methyl sites for hydroxylation is 1. The Balaban J connectivity index is 2.08. The van der Waals surface area contributed by atoms with Gasteiger partial charge < -0.3 is 10.6 Å². The fourth-order valence-electron chi connectivity index (χ4n) is 1.80. The normalized spacial score (nSPS) is 10.0. The monoisotopic (exact) mass is 255 g/mol. The highest BCUT2D eigenvalue weighted by atomic mass is 16.1. The zero-order valence-corrected chi connectivity index (χ0v) is 11.1. The van der Waals surface area contributed by atoms with Gasteiger partial charge in [0.2, 0.25) is 0 Å². The van der Waals surface area contributed by atoms with Crippen molar-refractivity contribution in [3.63, 3.8) is 0 Å². The minimum atomic E-state index is -0.181. The van der Waals surface area contributed by atoms with E-state index in [2.05, 4.69) is 34.7 Å². The molecule has 2 rings (SSSR count). The number of pyridine rings is 1. The standard InChI is InChI=1S/C15H17N3O/c1-11-5-3-4-6-12(11)10-18-13-7-8-17-14(9-13)15(19)16-2/h3-9H,10H2,1-2H3,(H,16,19)(H,17,18). The van der Waals surface area contributed by atoms with Gasteiger partial charge in [-0.05, 0) is 30.2 Å². The van der Waals surface area contributed by atoms with E-state index in [1.807, 2.05) is 18.2 Å². The molecule has 98 valence electrons. The molecule has 0 aliphatic carbocycles. The maximum Gasteiger partial charge on any atom is 0.269 e. The van der Waals surface area contributed by atoms with Crippen LogP contribution < -0.4 is 10.6 Å². The number of hydrogen-bond acceptors (Lipinski definition) is 3. The molecule has 1 amide bonds. The van der Waals surface area contributed by atoms with E-state index in [1.165, 1.54) is 11.1 Å². The number of nitrogens with one attached hydrogen (secondary N) is 2. The van der Waals surface area contributed by atoms with Crippen LogP contribution in [0.15, 0.2) is 42.6 Å². The van der Waals surface area contributed by atoms with Crippen LogP contribution in [0, 0.1) is 6.92 Å². The van der Waals surface area contributed by atoms with Crippen LogP contribution >= 0.6 is 0 Å². The van der Waals surface area contributed by atoms with Crippen molar-refractivity contribution in [1.82, 2.24) is 10.3 Å². The van der Waals surface area contributed by atoms with Crippen molar-refractivity contribution in [2.45, 2.75) is 13.5 Å². The second kappa shape index (κ2) is 6.00. The number of carbonyl (C=O) groups excluding carboxylic acids is 1. The summed E-state index contributed by atoms with van der Waals surface area (Å²) in [6.45, 7) is 2.81. The first-order valence-electron chi connectivity index (χ1n) is 6.17. The lowest BCUT2D eigenvalue weighted by molar-refractivity contribution is 0.0958. The third-order valence-electron chi connectivity index (χ3n) is 2.96. The molecule has 0 saturated heterocycles. The number of carbonyl (C=O) groups is 1. The molecular weight excluding hydrogens is 238 g/mol. The zero-order chi connectivity index (χ0) is 13.7. The highest BCUT2D eigenvalue weighted by Crippen LogP contribution is 2.12. The smallest absolute Gasteiger partial charge is 0.269 e. The van der Waals surface area contributed by atoms with Crippen molar-refractivity contribution in [2.75, 3.05) is 12.4 Å². The molecule has 0 aliphatic rings. The van der Waals surface area contributed by atoms with Gasteiger partial charge in [0, 0.05) is 25.5 Å². The van der Waals surface area contributed by atoms with E-state index in [9.17, 15) is 4.79 Å². The lowest BCUT2D eigenvalue weighted by atomic mass is 10.1. The molecule has 2 aromatic rings. The van der Waals surface area contributed by atoms with E-state index in [1.54, 1.807) is 19.3 Å². The summed E-state index contributed by atoms with van der Waals surface area (Å²) >= 11 is 0. The van der Waals surface area contributed by atoms with Gasteiger partial charge >= 0.3 is 0 Å². The van der Waals surface area contributed by atoms with Gasteiger partial charge in [0.1, 0.15) is 5.69 Å². The molecular formula is C15H17N3O. The maximum absolute atomic E-state index is 11.5. The molecule has 0 spiro atoms. The first-order chi connectivity index (χ1) is 9.20. The third-order valence-corrected chi connectivity index (χ3v) is 2.96. The summed E-state index contributed by atoms with van der Waals surface area (Å²) in [4.78, 5) is 15.5. The molecule has 19 heavy (non-hydrogen) atoms. The van der Waals surface area contributed by atoms with E-state index in [0.29, 0.717) is 5.69 Å². The summed E-state index contributed by atoms with van der Waals surface area (Å²) in [6, 6.07) is 11.8. The Morgan fingerprint density at radius 1 is 1.26 bits per heavy atom. The van der Waals surface area contributed by atoms with Crippen molar-refractivity contribution in [3.05, 3.63) is 59.4 Å². The second-order valence-electron chi connectivity index (χ2n) is 4.29. The Bertz CT molecular complexity index is 581. The van der Waals surface area contributed by atoms with Gasteiger partial charge in [-0.15, -0.1) is 0 Å². The molecule has 0 aliphatic heterocycles. The van der Waals surface area contributed by atoms with E-state index in [4.69, 9.17) is 0 Å². The van der Waals surface area contributed by atoms with Gasteiger partial charge in [0.25, 0.3) is 5.91 Å². The molecule has 4 heteroatoms. The molecule has 2 N–H and O–H groups in total. The van der Waals surface area contributed by atoms with E-state index in [0.717, 1.165) is 12.2 Å². The predicted molar refractivity (Wildman–Crippen MR) is 76.1 cm³/mol. The number of anilines is 1. The third kappa shape index (κ3) is 3.31. The van der Waals surface area contributed by atoms with Crippen LogP contribution in [0.3, 0.4) is 0 Å². The fourth-order valence-corrected chi connectivity index (χ4v) is 1.80. The van der Waals surface area contributed by atoms with Crippen molar-refractivity contribution in [3.8, 4) is 0 Å². The number of aromatic nitrogens is 1. The molecule has 0 bridgehead atoms. The van der Waals surface area contributed by atoms with Crippen molar-refractivity contribution in [1.29, 1.82) is 0 Å². The average molecular weight is 255 g/mol. The molecule has 0 fully saturated rings. The Kier molecular flexibility index (Phi) is 4.13. The Morgan fingerprint density at radius 3 is 2.79 bits per heavy atom. The molecule has 4 nitrogen and oxygen atoms in total. The number of hydrogen-bond donors (Lipinski definition) is 2. The Morgan fingerprint density at radius 2 is 2.05 bits per heavy atom. The Labute approximate surface area is 112 Å². The maximum atomic E-state index is 11.5. The quantitative estimate of drug-likeness (QED) is 0.881. The number of benzene rings is 1. The number of nitrogens with zero attached hydrogens (tertiary/aromatic N) is 1. The molecule has 0 unspecified atom stereocenters. The van der Waals surface area contributed by atoms with E-state index < -0.39 is 0 Å². The van der Waals surface area contributed by atoms with Gasteiger partial charge in [-0.3, -0.25) is 9.78 Å². The predicted octanol–water partition coefficient (Wildman–Crippen LogP) is 2.36. The lowest BCUT2D eigenvalue weighted by Gasteiger charge is -2.09. The van der Waals surface area contributed by atoms with Crippen LogP contribution in [-0.4, -0.2) is 17.9 Å². The van der Waals surface area contributed by atoms with Crippen LogP contribution in [0.4, 0.5) is 5.69 Å². The number of rotatable bonds is 4. The summed E-state index contributed by atoms with van der Waals surface area (Å²) < 4.78 is 0. The topological polar surface area (TPSA) is 54.0 Å². The SMILES string of the molecule is CNC(=O)c1cc(NCc2ccccc2C)ccn1. The molecule has 1 aromatic carbocycles. The van der Waals surface area contributed by atoms with Gasteiger partial charge in [-0.25, -0.2) is 0 Å². The van der Waals surface area contributed by atoms with E-state index in [-0.39, 0.29) is 5.91 Å². The largest absolute Gasteiger partial charge is 0.381 e. The van der Waals surface area contributed by atoms with Gasteiger partial charge in [0.05, 0.1) is 0 Å². The Hall–Kier alpha value is -2.36. The van der Waals surface area contributed by atoms with Gasteiger partial charge in [-0.2, -0.15) is 0 Å². The average Bonchev–Trinajstić information content (AvgIpc) is 2.46. The van der Waals surface area contributed by atoms with Crippen molar-refractivity contribution in [2.24, 2.45) is 0 Å². The second-order valence-corrected chi connectivity index (χ2v) is 4.29. The van der Waals surface area contributed by atoms with E-state index >= 15 is 0 Å². The van der Waals surface area contributed by atoms with Crippen LogP contribution in [0.1, 0.15) is 21.6 Å². The van der Waals surface area contributed by atoms with Crippen LogP contribution in [0.25, 0.3) is 0 Å². The first-order valence-corrected chi connectivity index (χ1v) is 6.17. The van der Waals surface area contributed by atoms with Crippen LogP contribution in [-0.2, 0) is 6.54 Å². The molecule has 1 aromatic heterocycles. The summed E-state index contributed by atoms with van der Waals surface area (Å²) in [7, 11) is 1.59. The molecule has 1 heterocycles. The van der Waals surface area contributed by atoms with Gasteiger partial charge in [0.15, 0.2) is 0 Å². The zero-order valence-electron chi connectivity index (χ0n) is 11.1. The minimum Gasteiger partial charge on any atom is -0.381 e. The van der Waals surface area contributed by atoms with Crippen molar-refractivity contribution >= 4 is 11.6 Å². The summed E-state index contributed by atoms with van der Waals surface area (Å²) in [5, 5.41) is 5.86. The fraction of sp³-hybridized carbons (Fsp3) is 0.200. The molecule has 0 atom stereocenters. The summed E-state index contributed by atoms with van der Waals surface area (Å²) in [5.41, 5.74) is 3.78. The first kappa shape index (κ1) is 13.1. The summed E-state index contributed by atoms with van der Waals surface area (Å²) in [6.07, 6.45) is 1.63. The molecule has 0 saturated carbocycles. The minimum absolute atomic E-state index is 0.181. The number of amides is 1. The van der Waals surface area contributed by atoms with Crippen LogP contribution in [0.5, 0.6) is 0 Å². The summed E-state index contributed by atoms with van der Waals surface area (Å²) in [5.74, 6) is -0.181. The van der Waals surface area contributed by atoms with Crippen LogP contribution in [0.2, 0.25) is 0 Å². The molecule has 0 radical (unpaired) electrons. The highest BCUT2D eigenvalue weighted by molar-refractivity contribution is 5.92. The highest BCUT2D eigenvalue weighted by Gasteiger charge is 2.05.